The molecule has 0 amide bonds. The molecular formula is C10H14O. The molecule has 0 aliphatic carbocycles. The van der Waals surface area contributed by atoms with E-state index in [0.29, 0.717) is 0 Å². The summed E-state index contributed by atoms with van der Waals surface area (Å²) in [6, 6.07) is 3.94. The first kappa shape index (κ1) is 8.12. The van der Waals surface area contributed by atoms with E-state index in [1.165, 1.54) is 5.57 Å². The third-order valence-corrected chi connectivity index (χ3v) is 1.52. The normalized spacial score (nSPS) is 9.64. The van der Waals surface area contributed by atoms with Gasteiger partial charge < -0.3 is 4.42 Å². The maximum Gasteiger partial charge on any atom is 0.104 e. The Kier molecular flexibility index (Phi) is 2.96. The minimum atomic E-state index is 1.01. The first-order valence-electron chi connectivity index (χ1n) is 3.95. The van der Waals surface area contributed by atoms with Crippen molar-refractivity contribution in [1.29, 1.82) is 0 Å². The van der Waals surface area contributed by atoms with Gasteiger partial charge in [-0.1, -0.05) is 11.6 Å². The molecule has 1 heterocycles. The zero-order valence-electron chi connectivity index (χ0n) is 7.13. The molecule has 0 spiro atoms. The van der Waals surface area contributed by atoms with Crippen molar-refractivity contribution in [2.45, 2.75) is 26.7 Å². The zero-order chi connectivity index (χ0) is 8.10. The van der Waals surface area contributed by atoms with Gasteiger partial charge in [0.15, 0.2) is 0 Å². The largest absolute Gasteiger partial charge is 0.469 e. The van der Waals surface area contributed by atoms with Crippen LogP contribution in [0.25, 0.3) is 0 Å². The first-order chi connectivity index (χ1) is 5.29. The van der Waals surface area contributed by atoms with E-state index in [4.69, 9.17) is 4.42 Å². The van der Waals surface area contributed by atoms with Crippen molar-refractivity contribution in [3.63, 3.8) is 0 Å². The summed E-state index contributed by atoms with van der Waals surface area (Å²) >= 11 is 0. The van der Waals surface area contributed by atoms with Crippen molar-refractivity contribution in [3.05, 3.63) is 35.8 Å². The molecule has 0 N–H and O–H groups in total. The van der Waals surface area contributed by atoms with Gasteiger partial charge in [-0.3, -0.25) is 0 Å². The van der Waals surface area contributed by atoms with Crippen LogP contribution in [-0.2, 0) is 6.42 Å². The number of rotatable bonds is 3. The fraction of sp³-hybridized carbons (Fsp3) is 0.400. The van der Waals surface area contributed by atoms with E-state index in [2.05, 4.69) is 19.9 Å². The first-order valence-corrected chi connectivity index (χ1v) is 3.95. The number of aryl methyl sites for hydroxylation is 1. The predicted molar refractivity (Wildman–Crippen MR) is 46.5 cm³/mol. The molecule has 0 unspecified atom stereocenters. The summed E-state index contributed by atoms with van der Waals surface area (Å²) in [6.45, 7) is 4.23. The second kappa shape index (κ2) is 4.02. The smallest absolute Gasteiger partial charge is 0.104 e. The average Bonchev–Trinajstić information content (AvgIpc) is 2.39. The number of hydrogen-bond acceptors (Lipinski definition) is 1. The van der Waals surface area contributed by atoms with Gasteiger partial charge in [0.05, 0.1) is 6.26 Å². The van der Waals surface area contributed by atoms with E-state index in [0.717, 1.165) is 18.6 Å². The lowest BCUT2D eigenvalue weighted by Gasteiger charge is -1.91. The highest BCUT2D eigenvalue weighted by atomic mass is 16.3. The summed E-state index contributed by atoms with van der Waals surface area (Å²) in [7, 11) is 0. The van der Waals surface area contributed by atoms with E-state index >= 15 is 0 Å². The molecule has 0 aliphatic heterocycles. The molecule has 1 aromatic rings. The van der Waals surface area contributed by atoms with Gasteiger partial charge in [-0.2, -0.15) is 0 Å². The molecule has 60 valence electrons. The van der Waals surface area contributed by atoms with Gasteiger partial charge in [0, 0.05) is 6.42 Å². The third kappa shape index (κ3) is 3.08. The van der Waals surface area contributed by atoms with Gasteiger partial charge >= 0.3 is 0 Å². The monoisotopic (exact) mass is 150 g/mol. The summed E-state index contributed by atoms with van der Waals surface area (Å²) in [6.07, 6.45) is 6.04. The van der Waals surface area contributed by atoms with E-state index in [-0.39, 0.29) is 0 Å². The third-order valence-electron chi connectivity index (χ3n) is 1.52. The Morgan fingerprint density at radius 2 is 2.36 bits per heavy atom. The van der Waals surface area contributed by atoms with Crippen LogP contribution in [0.3, 0.4) is 0 Å². The molecule has 11 heavy (non-hydrogen) atoms. The van der Waals surface area contributed by atoms with Crippen molar-refractivity contribution < 1.29 is 4.42 Å². The summed E-state index contributed by atoms with van der Waals surface area (Å²) in [5.74, 6) is 1.07. The van der Waals surface area contributed by atoms with E-state index in [9.17, 15) is 0 Å². The summed E-state index contributed by atoms with van der Waals surface area (Å²) in [5.41, 5.74) is 1.37. The molecule has 0 bridgehead atoms. The van der Waals surface area contributed by atoms with Crippen LogP contribution in [-0.4, -0.2) is 0 Å². The van der Waals surface area contributed by atoms with Crippen LogP contribution in [0, 0.1) is 0 Å². The molecule has 0 fully saturated rings. The van der Waals surface area contributed by atoms with Crippen molar-refractivity contribution in [2.75, 3.05) is 0 Å². The quantitative estimate of drug-likeness (QED) is 0.603. The predicted octanol–water partition coefficient (Wildman–Crippen LogP) is 3.18. The van der Waals surface area contributed by atoms with E-state index in [1.54, 1.807) is 6.26 Å². The van der Waals surface area contributed by atoms with Gasteiger partial charge in [0.1, 0.15) is 5.76 Å². The minimum Gasteiger partial charge on any atom is -0.469 e. The number of allylic oxidation sites excluding steroid dienone is 2. The number of furan rings is 1. The second-order valence-electron chi connectivity index (χ2n) is 2.90. The van der Waals surface area contributed by atoms with Crippen molar-refractivity contribution in [1.82, 2.24) is 0 Å². The van der Waals surface area contributed by atoms with Crippen LogP contribution in [0.5, 0.6) is 0 Å². The molecule has 0 aromatic carbocycles. The highest BCUT2D eigenvalue weighted by molar-refractivity contribution is 5.01. The molecule has 0 atom stereocenters. The lowest BCUT2D eigenvalue weighted by Crippen LogP contribution is -1.78. The van der Waals surface area contributed by atoms with Gasteiger partial charge in [-0.15, -0.1) is 0 Å². The maximum atomic E-state index is 5.19. The molecule has 0 saturated heterocycles. The Morgan fingerprint density at radius 1 is 1.55 bits per heavy atom. The number of hydrogen-bond donors (Lipinski definition) is 0. The van der Waals surface area contributed by atoms with Crippen molar-refractivity contribution in [3.8, 4) is 0 Å². The highest BCUT2D eigenvalue weighted by Gasteiger charge is 1.91. The van der Waals surface area contributed by atoms with Crippen LogP contribution < -0.4 is 0 Å². The lowest BCUT2D eigenvalue weighted by molar-refractivity contribution is 0.510. The van der Waals surface area contributed by atoms with Crippen molar-refractivity contribution >= 4 is 0 Å². The van der Waals surface area contributed by atoms with Crippen LogP contribution in [0.15, 0.2) is 34.5 Å². The lowest BCUT2D eigenvalue weighted by atomic mass is 10.2. The molecule has 1 heteroatoms. The fourth-order valence-electron chi connectivity index (χ4n) is 0.958. The topological polar surface area (TPSA) is 13.1 Å². The average molecular weight is 150 g/mol. The molecule has 0 aliphatic rings. The maximum absolute atomic E-state index is 5.19. The van der Waals surface area contributed by atoms with Crippen LogP contribution >= 0.6 is 0 Å². The van der Waals surface area contributed by atoms with Gasteiger partial charge in [0.2, 0.25) is 0 Å². The molecule has 1 rings (SSSR count). The Hall–Kier alpha value is -0.980. The van der Waals surface area contributed by atoms with Gasteiger partial charge in [-0.25, -0.2) is 0 Å². The molecule has 1 aromatic heterocycles. The molecule has 0 radical (unpaired) electrons. The SMILES string of the molecule is CC(C)=CCCc1ccco1. The highest BCUT2D eigenvalue weighted by Crippen LogP contribution is 2.04. The zero-order valence-corrected chi connectivity index (χ0v) is 7.13. The summed E-state index contributed by atoms with van der Waals surface area (Å²) in [5, 5.41) is 0. The van der Waals surface area contributed by atoms with Gasteiger partial charge in [0.25, 0.3) is 0 Å². The minimum absolute atomic E-state index is 1.01. The Bertz CT molecular complexity index is 215. The Balaban J connectivity index is 2.30. The van der Waals surface area contributed by atoms with Gasteiger partial charge in [-0.05, 0) is 32.4 Å². The Morgan fingerprint density at radius 3 is 2.91 bits per heavy atom. The molecule has 1 nitrogen and oxygen atoms in total. The second-order valence-corrected chi connectivity index (χ2v) is 2.90. The van der Waals surface area contributed by atoms with Crippen LogP contribution in [0.4, 0.5) is 0 Å². The van der Waals surface area contributed by atoms with Crippen molar-refractivity contribution in [2.24, 2.45) is 0 Å². The molecule has 0 saturated carbocycles. The van der Waals surface area contributed by atoms with Crippen LogP contribution in [0.1, 0.15) is 26.0 Å². The fourth-order valence-corrected chi connectivity index (χ4v) is 0.958. The Labute approximate surface area is 67.7 Å². The summed E-state index contributed by atoms with van der Waals surface area (Å²) < 4.78 is 5.19. The standard InChI is InChI=1S/C10H14O/c1-9(2)5-3-6-10-7-4-8-11-10/h4-5,7-8H,3,6H2,1-2H3. The van der Waals surface area contributed by atoms with E-state index < -0.39 is 0 Å². The van der Waals surface area contributed by atoms with Crippen LogP contribution in [0.2, 0.25) is 0 Å². The summed E-state index contributed by atoms with van der Waals surface area (Å²) in [4.78, 5) is 0. The molecular weight excluding hydrogens is 136 g/mol. The van der Waals surface area contributed by atoms with E-state index in [1.807, 2.05) is 12.1 Å².